The van der Waals surface area contributed by atoms with E-state index in [1.807, 2.05) is 0 Å². The van der Waals surface area contributed by atoms with Crippen LogP contribution in [0, 0.1) is 0 Å². The molecule has 2 atom stereocenters. The first-order chi connectivity index (χ1) is 10.8. The fourth-order valence-corrected chi connectivity index (χ4v) is 2.07. The summed E-state index contributed by atoms with van der Waals surface area (Å²) in [6, 6.07) is 2.15. The summed E-state index contributed by atoms with van der Waals surface area (Å²) < 4.78 is 0. The molecule has 0 saturated heterocycles. The molecule has 2 unspecified atom stereocenters. The first-order valence-corrected chi connectivity index (χ1v) is 7.34. The number of carboxylic acids is 1. The third kappa shape index (κ3) is 6.13. The zero-order chi connectivity index (χ0) is 17.4. The Morgan fingerprint density at radius 3 is 2.43 bits per heavy atom. The summed E-state index contributed by atoms with van der Waals surface area (Å²) in [6.07, 6.45) is 1.66. The number of hydrogen-bond donors (Lipinski definition) is 6. The predicted molar refractivity (Wildman–Crippen MR) is 83.9 cm³/mol. The molecule has 1 aromatic rings. The highest BCUT2D eigenvalue weighted by molar-refractivity contribution is 5.86. The number of carboxylic acid groups (broad SMARTS) is 1. The van der Waals surface area contributed by atoms with Crippen molar-refractivity contribution in [3.63, 3.8) is 0 Å². The zero-order valence-electron chi connectivity index (χ0n) is 12.7. The van der Waals surface area contributed by atoms with E-state index in [2.05, 4.69) is 5.32 Å². The SMILES string of the molecule is NCCCCC(NC(=O)C(N)Cc1ccc(O)c(O)c1)C(=O)O. The van der Waals surface area contributed by atoms with E-state index in [0.29, 0.717) is 24.9 Å². The highest BCUT2D eigenvalue weighted by Gasteiger charge is 2.23. The molecule has 0 aliphatic carbocycles. The topological polar surface area (TPSA) is 159 Å². The molecule has 0 aliphatic heterocycles. The Morgan fingerprint density at radius 2 is 1.87 bits per heavy atom. The van der Waals surface area contributed by atoms with Gasteiger partial charge in [-0.3, -0.25) is 4.79 Å². The number of unbranched alkanes of at least 4 members (excludes halogenated alkanes) is 1. The molecule has 1 aromatic carbocycles. The van der Waals surface area contributed by atoms with Crippen molar-refractivity contribution in [2.24, 2.45) is 11.5 Å². The summed E-state index contributed by atoms with van der Waals surface area (Å²) in [6.45, 7) is 0.462. The Labute approximate surface area is 134 Å². The zero-order valence-corrected chi connectivity index (χ0v) is 12.7. The van der Waals surface area contributed by atoms with Crippen LogP contribution < -0.4 is 16.8 Å². The highest BCUT2D eigenvalue weighted by Crippen LogP contribution is 2.25. The molecule has 0 heterocycles. The third-order valence-corrected chi connectivity index (χ3v) is 3.39. The van der Waals surface area contributed by atoms with Crippen LogP contribution in [0.5, 0.6) is 11.5 Å². The molecule has 1 rings (SSSR count). The van der Waals surface area contributed by atoms with E-state index in [9.17, 15) is 19.8 Å². The number of aromatic hydroxyl groups is 2. The van der Waals surface area contributed by atoms with Crippen molar-refractivity contribution >= 4 is 11.9 Å². The first-order valence-electron chi connectivity index (χ1n) is 7.34. The van der Waals surface area contributed by atoms with Crippen molar-refractivity contribution in [2.45, 2.75) is 37.8 Å². The average molecular weight is 325 g/mol. The molecule has 0 bridgehead atoms. The van der Waals surface area contributed by atoms with Crippen LogP contribution in [0.3, 0.4) is 0 Å². The van der Waals surface area contributed by atoms with Gasteiger partial charge in [0.25, 0.3) is 0 Å². The fourth-order valence-electron chi connectivity index (χ4n) is 2.07. The number of carbonyl (C=O) groups excluding carboxylic acids is 1. The van der Waals surface area contributed by atoms with Crippen LogP contribution in [-0.2, 0) is 16.0 Å². The number of nitrogens with two attached hydrogens (primary N) is 2. The van der Waals surface area contributed by atoms with Gasteiger partial charge in [-0.25, -0.2) is 4.79 Å². The van der Waals surface area contributed by atoms with Crippen molar-refractivity contribution in [3.05, 3.63) is 23.8 Å². The number of nitrogens with one attached hydrogen (secondary N) is 1. The van der Waals surface area contributed by atoms with Gasteiger partial charge in [-0.1, -0.05) is 6.07 Å². The molecule has 8 N–H and O–H groups in total. The highest BCUT2D eigenvalue weighted by atomic mass is 16.4. The van der Waals surface area contributed by atoms with Gasteiger partial charge in [-0.15, -0.1) is 0 Å². The number of phenols is 2. The van der Waals surface area contributed by atoms with Gasteiger partial charge in [0.05, 0.1) is 6.04 Å². The van der Waals surface area contributed by atoms with Crippen molar-refractivity contribution in [1.29, 1.82) is 0 Å². The van der Waals surface area contributed by atoms with E-state index in [1.165, 1.54) is 18.2 Å². The van der Waals surface area contributed by atoms with E-state index in [4.69, 9.17) is 16.6 Å². The molecule has 0 spiro atoms. The van der Waals surface area contributed by atoms with Gasteiger partial charge >= 0.3 is 5.97 Å². The summed E-state index contributed by atoms with van der Waals surface area (Å²) in [5.41, 5.74) is 11.7. The summed E-state index contributed by atoms with van der Waals surface area (Å²) in [7, 11) is 0. The second-order valence-corrected chi connectivity index (χ2v) is 5.32. The monoisotopic (exact) mass is 325 g/mol. The maximum Gasteiger partial charge on any atom is 0.326 e. The van der Waals surface area contributed by atoms with Crippen LogP contribution in [0.25, 0.3) is 0 Å². The summed E-state index contributed by atoms with van der Waals surface area (Å²) in [5.74, 6) is -2.28. The lowest BCUT2D eigenvalue weighted by atomic mass is 10.0. The van der Waals surface area contributed by atoms with Crippen LogP contribution in [0.4, 0.5) is 0 Å². The van der Waals surface area contributed by atoms with Gasteiger partial charge in [0, 0.05) is 0 Å². The van der Waals surface area contributed by atoms with Crippen LogP contribution in [0.1, 0.15) is 24.8 Å². The molecule has 8 nitrogen and oxygen atoms in total. The Balaban J connectivity index is 2.59. The molecule has 1 amide bonds. The number of hydrogen-bond acceptors (Lipinski definition) is 6. The molecule has 23 heavy (non-hydrogen) atoms. The number of aliphatic carboxylic acids is 1. The van der Waals surface area contributed by atoms with Gasteiger partial charge in [0.15, 0.2) is 11.5 Å². The van der Waals surface area contributed by atoms with Gasteiger partial charge in [0.2, 0.25) is 5.91 Å². The molecular formula is C15H23N3O5. The minimum atomic E-state index is -1.12. The van der Waals surface area contributed by atoms with E-state index < -0.39 is 24.0 Å². The van der Waals surface area contributed by atoms with Gasteiger partial charge in [-0.2, -0.15) is 0 Å². The van der Waals surface area contributed by atoms with Gasteiger partial charge in [-0.05, 0) is 49.9 Å². The molecule has 0 fully saturated rings. The van der Waals surface area contributed by atoms with E-state index in [0.717, 1.165) is 0 Å². The third-order valence-electron chi connectivity index (χ3n) is 3.39. The lowest BCUT2D eigenvalue weighted by Crippen LogP contribution is -2.49. The summed E-state index contributed by atoms with van der Waals surface area (Å²) >= 11 is 0. The number of carbonyl (C=O) groups is 2. The Kier molecular flexibility index (Phi) is 7.30. The normalized spacial score (nSPS) is 13.3. The fraction of sp³-hybridized carbons (Fsp3) is 0.467. The number of rotatable bonds is 9. The predicted octanol–water partition coefficient (Wildman–Crippen LogP) is -0.334. The quantitative estimate of drug-likeness (QED) is 0.268. The van der Waals surface area contributed by atoms with E-state index in [-0.39, 0.29) is 24.3 Å². The van der Waals surface area contributed by atoms with E-state index >= 15 is 0 Å². The van der Waals surface area contributed by atoms with Gasteiger partial charge in [0.1, 0.15) is 6.04 Å². The van der Waals surface area contributed by atoms with Crippen molar-refractivity contribution in [1.82, 2.24) is 5.32 Å². The smallest absolute Gasteiger partial charge is 0.326 e. The Hall–Kier alpha value is -2.32. The molecule has 0 radical (unpaired) electrons. The minimum Gasteiger partial charge on any atom is -0.504 e. The number of amides is 1. The molecule has 8 heteroatoms. The van der Waals surface area contributed by atoms with Crippen molar-refractivity contribution in [2.75, 3.05) is 6.54 Å². The molecule has 0 aliphatic rings. The molecule has 0 saturated carbocycles. The van der Waals surface area contributed by atoms with Crippen LogP contribution in [-0.4, -0.2) is 45.8 Å². The van der Waals surface area contributed by atoms with Crippen LogP contribution in [0.15, 0.2) is 18.2 Å². The number of phenolic OH excluding ortho intramolecular Hbond substituents is 2. The Bertz CT molecular complexity index is 550. The lowest BCUT2D eigenvalue weighted by Gasteiger charge is -2.18. The van der Waals surface area contributed by atoms with Crippen LogP contribution >= 0.6 is 0 Å². The van der Waals surface area contributed by atoms with Gasteiger partial charge < -0.3 is 32.1 Å². The second-order valence-electron chi connectivity index (χ2n) is 5.32. The second kappa shape index (κ2) is 8.96. The molecule has 128 valence electrons. The first kappa shape index (κ1) is 18.7. The maximum atomic E-state index is 12.0. The minimum absolute atomic E-state index is 0.106. The molecular weight excluding hydrogens is 302 g/mol. The lowest BCUT2D eigenvalue weighted by molar-refractivity contribution is -0.142. The standard InChI is InChI=1S/C15H23N3O5/c16-6-2-1-3-11(15(22)23)18-14(21)10(17)7-9-4-5-12(19)13(20)8-9/h4-5,8,10-11,19-20H,1-3,6-7,16-17H2,(H,18,21)(H,22,23). The van der Waals surface area contributed by atoms with Crippen LogP contribution in [0.2, 0.25) is 0 Å². The maximum absolute atomic E-state index is 12.0. The molecule has 0 aromatic heterocycles. The van der Waals surface area contributed by atoms with Crippen molar-refractivity contribution < 1.29 is 24.9 Å². The largest absolute Gasteiger partial charge is 0.504 e. The Morgan fingerprint density at radius 1 is 1.17 bits per heavy atom. The number of benzene rings is 1. The summed E-state index contributed by atoms with van der Waals surface area (Å²) in [5, 5.41) is 30.2. The average Bonchev–Trinajstić information content (AvgIpc) is 2.49. The van der Waals surface area contributed by atoms with E-state index in [1.54, 1.807) is 0 Å². The summed E-state index contributed by atoms with van der Waals surface area (Å²) in [4.78, 5) is 23.2. The van der Waals surface area contributed by atoms with Crippen molar-refractivity contribution in [3.8, 4) is 11.5 Å².